The predicted octanol–water partition coefficient (Wildman–Crippen LogP) is 3.37. The van der Waals surface area contributed by atoms with E-state index >= 15 is 0 Å². The number of carbonyl (C=O) groups excluding carboxylic acids is 2. The molecule has 1 saturated carbocycles. The molecule has 1 rings (SSSR count). The van der Waals surface area contributed by atoms with Crippen LogP contribution in [0.15, 0.2) is 23.3 Å². The molecule has 0 spiro atoms. The number of Topliss-reactive ketones (excluding diaryl/α,β-unsaturated/α-hetero) is 1. The first-order valence-corrected chi connectivity index (χ1v) is 8.96. The fourth-order valence-electron chi connectivity index (χ4n) is 2.90. The molecular formula is C20H32O4. The maximum absolute atomic E-state index is 12.1. The molecule has 4 heteroatoms. The van der Waals surface area contributed by atoms with Gasteiger partial charge in [-0.25, -0.2) is 0 Å². The number of allylic oxidation sites excluding steroid dienone is 3. The molecule has 136 valence electrons. The maximum Gasteiger partial charge on any atom is 0.145 e. The zero-order valence-corrected chi connectivity index (χ0v) is 15.3. The highest BCUT2D eigenvalue weighted by Crippen LogP contribution is 2.45. The molecule has 3 unspecified atom stereocenters. The SMILES string of the molecule is CC(=CCO)CCC=C(C=O)CCCC(C)C(=O)CC1CC1(C)O. The van der Waals surface area contributed by atoms with Crippen molar-refractivity contribution in [3.63, 3.8) is 0 Å². The van der Waals surface area contributed by atoms with E-state index in [9.17, 15) is 14.7 Å². The second-order valence-corrected chi connectivity index (χ2v) is 7.39. The topological polar surface area (TPSA) is 74.6 Å². The minimum atomic E-state index is -0.634. The van der Waals surface area contributed by atoms with Gasteiger partial charge >= 0.3 is 0 Å². The van der Waals surface area contributed by atoms with Crippen LogP contribution in [0, 0.1) is 11.8 Å². The molecule has 0 aromatic rings. The van der Waals surface area contributed by atoms with Crippen LogP contribution in [0.2, 0.25) is 0 Å². The highest BCUT2D eigenvalue weighted by Gasteiger charge is 2.49. The molecule has 0 heterocycles. The lowest BCUT2D eigenvalue weighted by molar-refractivity contribution is -0.123. The Kier molecular flexibility index (Phi) is 8.57. The molecule has 3 atom stereocenters. The summed E-state index contributed by atoms with van der Waals surface area (Å²) in [6, 6.07) is 0. The Hall–Kier alpha value is -1.26. The van der Waals surface area contributed by atoms with Crippen molar-refractivity contribution in [1.82, 2.24) is 0 Å². The molecule has 0 aromatic heterocycles. The van der Waals surface area contributed by atoms with Gasteiger partial charge in [-0.1, -0.05) is 24.6 Å². The van der Waals surface area contributed by atoms with Gasteiger partial charge in [-0.3, -0.25) is 9.59 Å². The summed E-state index contributed by atoms with van der Waals surface area (Å²) < 4.78 is 0. The van der Waals surface area contributed by atoms with E-state index in [1.165, 1.54) is 0 Å². The molecule has 0 aliphatic heterocycles. The Morgan fingerprint density at radius 2 is 2.00 bits per heavy atom. The number of aldehydes is 1. The quantitative estimate of drug-likeness (QED) is 0.325. The monoisotopic (exact) mass is 336 g/mol. The number of aliphatic hydroxyl groups excluding tert-OH is 1. The maximum atomic E-state index is 12.1. The van der Waals surface area contributed by atoms with Crippen LogP contribution in [0.5, 0.6) is 0 Å². The van der Waals surface area contributed by atoms with Gasteiger partial charge in [0.2, 0.25) is 0 Å². The van der Waals surface area contributed by atoms with E-state index in [0.29, 0.717) is 12.8 Å². The molecule has 4 nitrogen and oxygen atoms in total. The van der Waals surface area contributed by atoms with Crippen LogP contribution >= 0.6 is 0 Å². The summed E-state index contributed by atoms with van der Waals surface area (Å²) >= 11 is 0. The molecule has 0 saturated heterocycles. The summed E-state index contributed by atoms with van der Waals surface area (Å²) in [7, 11) is 0. The molecule has 0 bridgehead atoms. The Bertz CT molecular complexity index is 488. The van der Waals surface area contributed by atoms with Gasteiger partial charge in [0, 0.05) is 12.3 Å². The Morgan fingerprint density at radius 1 is 1.33 bits per heavy atom. The summed E-state index contributed by atoms with van der Waals surface area (Å²) in [5, 5.41) is 18.5. The van der Waals surface area contributed by atoms with Crippen molar-refractivity contribution in [3.05, 3.63) is 23.3 Å². The van der Waals surface area contributed by atoms with Crippen LogP contribution in [-0.4, -0.2) is 34.5 Å². The number of aliphatic hydroxyl groups is 2. The minimum absolute atomic E-state index is 0.0102. The van der Waals surface area contributed by atoms with Crippen LogP contribution in [0.3, 0.4) is 0 Å². The zero-order chi connectivity index (χ0) is 18.2. The molecule has 24 heavy (non-hydrogen) atoms. The fraction of sp³-hybridized carbons (Fsp3) is 0.700. The second-order valence-electron chi connectivity index (χ2n) is 7.39. The van der Waals surface area contributed by atoms with Gasteiger partial charge in [-0.15, -0.1) is 0 Å². The van der Waals surface area contributed by atoms with E-state index in [1.54, 1.807) is 13.0 Å². The number of hydrogen-bond donors (Lipinski definition) is 2. The number of ketones is 1. The van der Waals surface area contributed by atoms with E-state index in [-0.39, 0.29) is 24.2 Å². The van der Waals surface area contributed by atoms with E-state index < -0.39 is 5.60 Å². The summed E-state index contributed by atoms with van der Waals surface area (Å²) in [6.45, 7) is 5.74. The molecule has 0 aromatic carbocycles. The lowest BCUT2D eigenvalue weighted by atomic mass is 9.94. The largest absolute Gasteiger partial charge is 0.392 e. The lowest BCUT2D eigenvalue weighted by Gasteiger charge is -2.11. The van der Waals surface area contributed by atoms with Gasteiger partial charge in [0.1, 0.15) is 12.1 Å². The first-order chi connectivity index (χ1) is 11.3. The summed E-state index contributed by atoms with van der Waals surface area (Å²) in [5.74, 6) is 0.344. The smallest absolute Gasteiger partial charge is 0.145 e. The van der Waals surface area contributed by atoms with Gasteiger partial charge < -0.3 is 10.2 Å². The van der Waals surface area contributed by atoms with Gasteiger partial charge in [-0.2, -0.15) is 0 Å². The predicted molar refractivity (Wildman–Crippen MR) is 95.6 cm³/mol. The molecule has 1 aliphatic rings. The second kappa shape index (κ2) is 9.90. The highest BCUT2D eigenvalue weighted by atomic mass is 16.3. The Balaban J connectivity index is 2.26. The number of rotatable bonds is 12. The van der Waals surface area contributed by atoms with E-state index in [1.807, 2.05) is 19.9 Å². The zero-order valence-electron chi connectivity index (χ0n) is 15.3. The van der Waals surface area contributed by atoms with Crippen LogP contribution < -0.4 is 0 Å². The first kappa shape index (κ1) is 20.8. The first-order valence-electron chi connectivity index (χ1n) is 8.96. The van der Waals surface area contributed by atoms with Crippen molar-refractivity contribution < 1.29 is 19.8 Å². The third-order valence-electron chi connectivity index (χ3n) is 5.02. The van der Waals surface area contributed by atoms with Gasteiger partial charge in [0.25, 0.3) is 0 Å². The van der Waals surface area contributed by atoms with Crippen molar-refractivity contribution in [1.29, 1.82) is 0 Å². The van der Waals surface area contributed by atoms with E-state index in [4.69, 9.17) is 5.11 Å². The Morgan fingerprint density at radius 3 is 2.54 bits per heavy atom. The van der Waals surface area contributed by atoms with E-state index in [0.717, 1.165) is 49.5 Å². The number of carbonyl (C=O) groups is 2. The molecule has 1 fully saturated rings. The standard InChI is InChI=1S/C20H32O4/c1-15(10-11-21)6-4-8-17(14-22)9-5-7-16(2)19(23)12-18-13-20(18,3)24/h8,10,14,16,18,21,24H,4-7,9,11-13H2,1-3H3. The Labute approximate surface area is 145 Å². The van der Waals surface area contributed by atoms with Crippen molar-refractivity contribution >= 4 is 12.1 Å². The lowest BCUT2D eigenvalue weighted by Crippen LogP contribution is -2.14. The molecule has 0 amide bonds. The van der Waals surface area contributed by atoms with Crippen molar-refractivity contribution in [2.75, 3.05) is 6.61 Å². The molecular weight excluding hydrogens is 304 g/mol. The minimum Gasteiger partial charge on any atom is -0.392 e. The van der Waals surface area contributed by atoms with Crippen LogP contribution in [0.1, 0.15) is 65.7 Å². The van der Waals surface area contributed by atoms with Crippen LogP contribution in [0.25, 0.3) is 0 Å². The summed E-state index contributed by atoms with van der Waals surface area (Å²) in [4.78, 5) is 23.2. The third-order valence-corrected chi connectivity index (χ3v) is 5.02. The van der Waals surface area contributed by atoms with Gasteiger partial charge in [0.15, 0.2) is 0 Å². The molecule has 1 aliphatic carbocycles. The number of hydrogen-bond acceptors (Lipinski definition) is 4. The summed E-state index contributed by atoms with van der Waals surface area (Å²) in [6.07, 6.45) is 9.77. The third kappa shape index (κ3) is 7.54. The van der Waals surface area contributed by atoms with Crippen molar-refractivity contribution in [2.24, 2.45) is 11.8 Å². The van der Waals surface area contributed by atoms with Crippen LogP contribution in [-0.2, 0) is 9.59 Å². The summed E-state index contributed by atoms with van der Waals surface area (Å²) in [5.41, 5.74) is 1.27. The van der Waals surface area contributed by atoms with Gasteiger partial charge in [0.05, 0.1) is 12.2 Å². The van der Waals surface area contributed by atoms with Crippen molar-refractivity contribution in [2.45, 2.75) is 71.3 Å². The molecule has 0 radical (unpaired) electrons. The average molecular weight is 336 g/mol. The molecule has 2 N–H and O–H groups in total. The average Bonchev–Trinajstić information content (AvgIpc) is 3.12. The van der Waals surface area contributed by atoms with E-state index in [2.05, 4.69) is 0 Å². The highest BCUT2D eigenvalue weighted by molar-refractivity contribution is 5.81. The normalized spacial score (nSPS) is 25.5. The van der Waals surface area contributed by atoms with Gasteiger partial charge in [-0.05, 0) is 63.9 Å². The van der Waals surface area contributed by atoms with Crippen molar-refractivity contribution in [3.8, 4) is 0 Å². The fourth-order valence-corrected chi connectivity index (χ4v) is 2.90. The van der Waals surface area contributed by atoms with Crippen LogP contribution in [0.4, 0.5) is 0 Å².